The van der Waals surface area contributed by atoms with Crippen LogP contribution < -0.4 is 14.8 Å². The summed E-state index contributed by atoms with van der Waals surface area (Å²) >= 11 is 7.80. The van der Waals surface area contributed by atoms with Crippen LogP contribution in [0.2, 0.25) is 5.02 Å². The van der Waals surface area contributed by atoms with Crippen molar-refractivity contribution in [3.8, 4) is 11.5 Å². The smallest absolute Gasteiger partial charge is 0.329 e. The molecule has 0 saturated heterocycles. The second-order valence-corrected chi connectivity index (χ2v) is 8.57. The standard InChI is InChI=1S/C22H23ClN2O7S/c1-33-9-6-18(24-21(26)15-4-2-5-16(12-15)25(28)29)22(27)32-13-14-10-17(23)20-19(11-14)30-7-3-8-31-20/h2,4-5,10-12,18H,3,6-9,13H2,1H3,(H,24,26). The Morgan fingerprint density at radius 3 is 2.82 bits per heavy atom. The minimum Gasteiger partial charge on any atom is -0.489 e. The number of halogens is 1. The Balaban J connectivity index is 1.67. The summed E-state index contributed by atoms with van der Waals surface area (Å²) in [6.45, 7) is 0.924. The number of hydrogen-bond acceptors (Lipinski definition) is 8. The number of carbonyl (C=O) groups is 2. The maximum atomic E-state index is 12.7. The van der Waals surface area contributed by atoms with Gasteiger partial charge in [-0.25, -0.2) is 4.79 Å². The monoisotopic (exact) mass is 494 g/mol. The van der Waals surface area contributed by atoms with Gasteiger partial charge in [0.1, 0.15) is 12.6 Å². The van der Waals surface area contributed by atoms with Crippen molar-refractivity contribution in [2.24, 2.45) is 0 Å². The van der Waals surface area contributed by atoms with E-state index < -0.39 is 22.8 Å². The van der Waals surface area contributed by atoms with Crippen LogP contribution in [0.25, 0.3) is 0 Å². The number of hydrogen-bond donors (Lipinski definition) is 1. The Labute approximate surface area is 199 Å². The maximum Gasteiger partial charge on any atom is 0.329 e. The molecule has 0 bridgehead atoms. The highest BCUT2D eigenvalue weighted by molar-refractivity contribution is 7.98. The van der Waals surface area contributed by atoms with Gasteiger partial charge in [0, 0.05) is 24.1 Å². The molecule has 3 rings (SSSR count). The predicted molar refractivity (Wildman–Crippen MR) is 124 cm³/mol. The van der Waals surface area contributed by atoms with Crippen LogP contribution >= 0.6 is 23.4 Å². The zero-order valence-electron chi connectivity index (χ0n) is 17.9. The van der Waals surface area contributed by atoms with Crippen molar-refractivity contribution in [2.75, 3.05) is 25.2 Å². The first-order chi connectivity index (χ1) is 15.9. The molecule has 2 aromatic carbocycles. The Morgan fingerprint density at radius 2 is 2.06 bits per heavy atom. The van der Waals surface area contributed by atoms with Gasteiger partial charge in [0.15, 0.2) is 11.5 Å². The van der Waals surface area contributed by atoms with Crippen LogP contribution in [0.5, 0.6) is 11.5 Å². The highest BCUT2D eigenvalue weighted by atomic mass is 35.5. The van der Waals surface area contributed by atoms with Crippen molar-refractivity contribution < 1.29 is 28.7 Å². The van der Waals surface area contributed by atoms with E-state index in [9.17, 15) is 19.7 Å². The largest absolute Gasteiger partial charge is 0.489 e. The van der Waals surface area contributed by atoms with Gasteiger partial charge < -0.3 is 19.5 Å². The summed E-state index contributed by atoms with van der Waals surface area (Å²) in [6.07, 6.45) is 2.95. The number of non-ortho nitro benzene ring substituents is 1. The van der Waals surface area contributed by atoms with Crippen LogP contribution in [-0.2, 0) is 16.1 Å². The molecule has 0 aliphatic carbocycles. The van der Waals surface area contributed by atoms with Crippen LogP contribution in [0.1, 0.15) is 28.8 Å². The van der Waals surface area contributed by atoms with Gasteiger partial charge >= 0.3 is 5.97 Å². The molecule has 1 aliphatic rings. The molecule has 33 heavy (non-hydrogen) atoms. The summed E-state index contributed by atoms with van der Waals surface area (Å²) in [5.41, 5.74) is 0.490. The number of thioether (sulfide) groups is 1. The van der Waals surface area contributed by atoms with Crippen molar-refractivity contribution in [1.82, 2.24) is 5.32 Å². The summed E-state index contributed by atoms with van der Waals surface area (Å²) in [7, 11) is 0. The lowest BCUT2D eigenvalue weighted by atomic mass is 10.1. The fraction of sp³-hybridized carbons (Fsp3) is 0.364. The average Bonchev–Trinajstić information content (AvgIpc) is 3.06. The highest BCUT2D eigenvalue weighted by Crippen LogP contribution is 2.38. The Morgan fingerprint density at radius 1 is 1.27 bits per heavy atom. The summed E-state index contributed by atoms with van der Waals surface area (Å²) < 4.78 is 16.7. The van der Waals surface area contributed by atoms with Crippen LogP contribution in [-0.4, -0.2) is 48.1 Å². The van der Waals surface area contributed by atoms with Crippen molar-refractivity contribution in [1.29, 1.82) is 0 Å². The van der Waals surface area contributed by atoms with Gasteiger partial charge in [-0.1, -0.05) is 17.7 Å². The molecule has 0 radical (unpaired) electrons. The van der Waals surface area contributed by atoms with E-state index >= 15 is 0 Å². The number of ether oxygens (including phenoxy) is 3. The van der Waals surface area contributed by atoms with Crippen LogP contribution in [0.15, 0.2) is 36.4 Å². The summed E-state index contributed by atoms with van der Waals surface area (Å²) in [4.78, 5) is 35.7. The molecule has 0 spiro atoms. The molecule has 1 heterocycles. The summed E-state index contributed by atoms with van der Waals surface area (Å²) in [5, 5.41) is 14.0. The van der Waals surface area contributed by atoms with E-state index in [1.165, 1.54) is 30.0 Å². The number of amides is 1. The molecule has 0 fully saturated rings. The Kier molecular flexibility index (Phi) is 8.79. The number of benzene rings is 2. The van der Waals surface area contributed by atoms with Gasteiger partial charge in [-0.3, -0.25) is 14.9 Å². The lowest BCUT2D eigenvalue weighted by molar-refractivity contribution is -0.384. The normalized spacial score (nSPS) is 13.5. The number of nitrogens with one attached hydrogen (secondary N) is 1. The molecule has 1 unspecified atom stereocenters. The maximum absolute atomic E-state index is 12.7. The molecule has 0 aromatic heterocycles. The molecular formula is C22H23ClN2O7S. The van der Waals surface area contributed by atoms with Gasteiger partial charge in [0.2, 0.25) is 0 Å². The lowest BCUT2D eigenvalue weighted by Gasteiger charge is -2.18. The SMILES string of the molecule is CSCCC(NC(=O)c1cccc([N+](=O)[O-])c1)C(=O)OCc1cc(Cl)c2c(c1)OCCCO2. The topological polar surface area (TPSA) is 117 Å². The first kappa shape index (κ1) is 24.7. The first-order valence-electron chi connectivity index (χ1n) is 10.2. The summed E-state index contributed by atoms with van der Waals surface area (Å²) in [6, 6.07) is 7.73. The molecule has 176 valence electrons. The van der Waals surface area contributed by atoms with Crippen LogP contribution in [0.4, 0.5) is 5.69 Å². The minimum atomic E-state index is -0.917. The molecule has 1 atom stereocenters. The lowest BCUT2D eigenvalue weighted by Crippen LogP contribution is -2.42. The Bertz CT molecular complexity index is 1030. The predicted octanol–water partition coefficient (Wildman–Crippen LogP) is 4.00. The van der Waals surface area contributed by atoms with Crippen molar-refractivity contribution in [2.45, 2.75) is 25.5 Å². The van der Waals surface area contributed by atoms with Gasteiger partial charge in [-0.05, 0) is 42.2 Å². The zero-order valence-corrected chi connectivity index (χ0v) is 19.4. The average molecular weight is 495 g/mol. The van der Waals surface area contributed by atoms with E-state index in [2.05, 4.69) is 5.32 Å². The highest BCUT2D eigenvalue weighted by Gasteiger charge is 2.24. The fourth-order valence-electron chi connectivity index (χ4n) is 3.11. The van der Waals surface area contributed by atoms with Crippen LogP contribution in [0.3, 0.4) is 0 Å². The number of esters is 1. The fourth-order valence-corrected chi connectivity index (χ4v) is 3.87. The minimum absolute atomic E-state index is 0.0718. The third-order valence-corrected chi connectivity index (χ3v) is 5.69. The number of nitro benzene ring substituents is 1. The zero-order chi connectivity index (χ0) is 23.8. The van der Waals surface area contributed by atoms with Crippen LogP contribution in [0, 0.1) is 10.1 Å². The van der Waals surface area contributed by atoms with Gasteiger partial charge in [-0.15, -0.1) is 0 Å². The Hall–Kier alpha value is -2.98. The molecule has 11 heteroatoms. The molecule has 1 amide bonds. The molecule has 1 aliphatic heterocycles. The molecule has 9 nitrogen and oxygen atoms in total. The number of carbonyl (C=O) groups excluding carboxylic acids is 2. The quantitative estimate of drug-likeness (QED) is 0.316. The first-order valence-corrected chi connectivity index (χ1v) is 11.9. The molecule has 2 aromatic rings. The van der Waals surface area contributed by atoms with Crippen molar-refractivity contribution in [3.63, 3.8) is 0 Å². The third-order valence-electron chi connectivity index (χ3n) is 4.76. The number of fused-ring (bicyclic) bond motifs is 1. The van der Waals surface area contributed by atoms with Gasteiger partial charge in [0.25, 0.3) is 11.6 Å². The van der Waals surface area contributed by atoms with E-state index in [0.717, 1.165) is 12.5 Å². The number of nitrogens with zero attached hydrogens (tertiary/aromatic N) is 1. The second-order valence-electron chi connectivity index (χ2n) is 7.18. The van der Waals surface area contributed by atoms with Gasteiger partial charge in [0.05, 0.1) is 23.2 Å². The van der Waals surface area contributed by atoms with Gasteiger partial charge in [-0.2, -0.15) is 11.8 Å². The van der Waals surface area contributed by atoms with E-state index in [1.54, 1.807) is 12.1 Å². The van der Waals surface area contributed by atoms with Crippen molar-refractivity contribution >= 4 is 40.9 Å². The van der Waals surface area contributed by atoms with Crippen molar-refractivity contribution in [3.05, 3.63) is 62.7 Å². The summed E-state index contributed by atoms with van der Waals surface area (Å²) in [5.74, 6) is 0.340. The second kappa shape index (κ2) is 11.8. The molecule has 0 saturated carbocycles. The molecule has 1 N–H and O–H groups in total. The van der Waals surface area contributed by atoms with E-state index in [4.69, 9.17) is 25.8 Å². The number of rotatable bonds is 9. The van der Waals surface area contributed by atoms with E-state index in [1.807, 2.05) is 6.26 Å². The third kappa shape index (κ3) is 6.75. The molecular weight excluding hydrogens is 472 g/mol. The van der Waals surface area contributed by atoms with E-state index in [-0.39, 0.29) is 17.9 Å². The van der Waals surface area contributed by atoms with E-state index in [0.29, 0.717) is 47.5 Å². The number of nitro groups is 1.